The molecule has 0 amide bonds. The fourth-order valence-corrected chi connectivity index (χ4v) is 6.66. The molecule has 8 heteroatoms. The van der Waals surface area contributed by atoms with Gasteiger partial charge in [-0.05, 0) is 84.4 Å². The van der Waals surface area contributed by atoms with Crippen LogP contribution in [-0.2, 0) is 21.7 Å². The largest absolute Gasteiger partial charge is 0.427 e. The molecule has 4 aromatic rings. The maximum Gasteiger partial charge on any atom is 0.391 e. The monoisotopic (exact) mass is 690 g/mol. The molecule has 0 spiro atoms. The third kappa shape index (κ3) is 8.66. The number of hydrogen-bond donors (Lipinski definition) is 4. The van der Waals surface area contributed by atoms with Crippen LogP contribution in [0.4, 0.5) is 0 Å². The Morgan fingerprint density at radius 3 is 1.25 bits per heavy atom. The highest BCUT2D eigenvalue weighted by atomic mass is 31.2. The van der Waals surface area contributed by atoms with Crippen LogP contribution in [-0.4, -0.2) is 19.6 Å². The standard InChI is InChI=1S/C40H52O6P2/c1-37(2,3)26-15-19-30(32(23-26)39(7,8)9)35-29(25-13-17-28(18-14-25)45-47(41)42)21-22-34(46-48(43)44)36(35)31-20-16-27(38(4,5)6)24-33(31)40(10,11)12/h13-24,41-44H,1-12H3. The highest BCUT2D eigenvalue weighted by Gasteiger charge is 2.31. The Labute approximate surface area is 289 Å². The third-order valence-electron chi connectivity index (χ3n) is 8.63. The van der Waals surface area contributed by atoms with E-state index in [1.54, 1.807) is 12.1 Å². The zero-order valence-electron chi connectivity index (χ0n) is 30.4. The second-order valence-electron chi connectivity index (χ2n) is 16.6. The fraction of sp³-hybridized carbons (Fsp3) is 0.400. The zero-order valence-corrected chi connectivity index (χ0v) is 32.2. The van der Waals surface area contributed by atoms with Gasteiger partial charge in [0, 0.05) is 11.1 Å². The van der Waals surface area contributed by atoms with Gasteiger partial charge in [0.1, 0.15) is 11.5 Å². The van der Waals surface area contributed by atoms with Gasteiger partial charge in [0.25, 0.3) is 0 Å². The van der Waals surface area contributed by atoms with Gasteiger partial charge < -0.3 is 28.6 Å². The third-order valence-corrected chi connectivity index (χ3v) is 9.36. The first kappa shape index (κ1) is 38.0. The van der Waals surface area contributed by atoms with Crippen LogP contribution in [0.3, 0.4) is 0 Å². The Kier molecular flexibility index (Phi) is 10.9. The Bertz CT molecular complexity index is 1750. The Morgan fingerprint density at radius 1 is 0.438 bits per heavy atom. The van der Waals surface area contributed by atoms with Crippen LogP contribution in [0.5, 0.6) is 11.5 Å². The van der Waals surface area contributed by atoms with Crippen molar-refractivity contribution in [2.24, 2.45) is 0 Å². The fourth-order valence-electron chi connectivity index (χ4n) is 6.02. The van der Waals surface area contributed by atoms with E-state index in [2.05, 4.69) is 119 Å². The molecule has 0 saturated carbocycles. The quantitative estimate of drug-likeness (QED) is 0.144. The summed E-state index contributed by atoms with van der Waals surface area (Å²) < 4.78 is 11.1. The van der Waals surface area contributed by atoms with E-state index >= 15 is 0 Å². The maximum absolute atomic E-state index is 10.3. The first-order chi connectivity index (χ1) is 22.0. The highest BCUT2D eigenvalue weighted by molar-refractivity contribution is 7.40. The average Bonchev–Trinajstić information content (AvgIpc) is 2.94. The van der Waals surface area contributed by atoms with Gasteiger partial charge in [-0.15, -0.1) is 0 Å². The van der Waals surface area contributed by atoms with Crippen LogP contribution in [0, 0.1) is 0 Å². The molecule has 0 aliphatic rings. The summed E-state index contributed by atoms with van der Waals surface area (Å²) in [5, 5.41) is 0. The van der Waals surface area contributed by atoms with E-state index in [1.807, 2.05) is 24.3 Å². The van der Waals surface area contributed by atoms with Gasteiger partial charge in [0.2, 0.25) is 0 Å². The molecule has 0 bridgehead atoms. The molecule has 0 radical (unpaired) electrons. The molecule has 0 saturated heterocycles. The minimum Gasteiger partial charge on any atom is -0.427 e. The van der Waals surface area contributed by atoms with Gasteiger partial charge in [-0.25, -0.2) is 0 Å². The molecular formula is C40H52O6P2. The molecule has 0 atom stereocenters. The van der Waals surface area contributed by atoms with Crippen LogP contribution in [0.15, 0.2) is 72.8 Å². The van der Waals surface area contributed by atoms with Crippen molar-refractivity contribution in [2.45, 2.75) is 105 Å². The molecule has 6 nitrogen and oxygen atoms in total. The predicted octanol–water partition coefficient (Wildman–Crippen LogP) is 11.1. The van der Waals surface area contributed by atoms with Crippen LogP contribution in [0.1, 0.15) is 105 Å². The molecule has 0 heterocycles. The lowest BCUT2D eigenvalue weighted by molar-refractivity contribution is 0.373. The minimum absolute atomic E-state index is 0.0738. The van der Waals surface area contributed by atoms with Crippen molar-refractivity contribution in [3.8, 4) is 44.9 Å². The highest BCUT2D eigenvalue weighted by Crippen LogP contribution is 2.52. The molecule has 4 aromatic carbocycles. The maximum atomic E-state index is 10.3. The van der Waals surface area contributed by atoms with Crippen LogP contribution >= 0.6 is 17.2 Å². The summed E-state index contributed by atoms with van der Waals surface area (Å²) in [5.74, 6) is 0.727. The smallest absolute Gasteiger partial charge is 0.391 e. The topological polar surface area (TPSA) is 99.4 Å². The predicted molar refractivity (Wildman–Crippen MR) is 202 cm³/mol. The van der Waals surface area contributed by atoms with Crippen molar-refractivity contribution in [3.63, 3.8) is 0 Å². The molecule has 258 valence electrons. The molecule has 0 unspecified atom stereocenters. The second-order valence-corrected chi connectivity index (χ2v) is 18.0. The summed E-state index contributed by atoms with van der Waals surface area (Å²) in [6, 6.07) is 24.3. The SMILES string of the molecule is CC(C)(C)c1ccc(-c2c(OP(O)O)ccc(-c3ccc(OP(O)O)cc3)c2-c2ccc(C(C)(C)C)cc2C(C)(C)C)c(C(C)(C)C)c1. The van der Waals surface area contributed by atoms with Gasteiger partial charge in [0.15, 0.2) is 0 Å². The van der Waals surface area contributed by atoms with Crippen molar-refractivity contribution in [3.05, 3.63) is 95.1 Å². The lowest BCUT2D eigenvalue weighted by Crippen LogP contribution is -2.18. The van der Waals surface area contributed by atoms with Gasteiger partial charge in [-0.1, -0.05) is 138 Å². The van der Waals surface area contributed by atoms with E-state index in [0.29, 0.717) is 11.5 Å². The molecule has 4 N–H and O–H groups in total. The summed E-state index contributed by atoms with van der Waals surface area (Å²) in [4.78, 5) is 39.4. The average molecular weight is 691 g/mol. The summed E-state index contributed by atoms with van der Waals surface area (Å²) >= 11 is 0. The number of rotatable bonds is 7. The lowest BCUT2D eigenvalue weighted by atomic mass is 9.73. The number of benzene rings is 4. The molecule has 0 aliphatic carbocycles. The Morgan fingerprint density at radius 2 is 0.854 bits per heavy atom. The van der Waals surface area contributed by atoms with Crippen LogP contribution in [0.25, 0.3) is 33.4 Å². The summed E-state index contributed by atoms with van der Waals surface area (Å²) in [5.41, 5.74) is 9.46. The number of hydrogen-bond acceptors (Lipinski definition) is 6. The normalized spacial score (nSPS) is 13.0. The van der Waals surface area contributed by atoms with E-state index in [0.717, 1.165) is 44.5 Å². The first-order valence-corrected chi connectivity index (χ1v) is 18.6. The zero-order chi connectivity index (χ0) is 36.0. The van der Waals surface area contributed by atoms with Gasteiger partial charge >= 0.3 is 17.2 Å². The van der Waals surface area contributed by atoms with Crippen LogP contribution in [0.2, 0.25) is 0 Å². The molecular weight excluding hydrogens is 638 g/mol. The molecule has 0 fully saturated rings. The minimum atomic E-state index is -2.72. The molecule has 48 heavy (non-hydrogen) atoms. The van der Waals surface area contributed by atoms with Crippen molar-refractivity contribution >= 4 is 17.2 Å². The summed E-state index contributed by atoms with van der Waals surface area (Å²) in [6.45, 7) is 26.5. The van der Waals surface area contributed by atoms with E-state index in [9.17, 15) is 19.6 Å². The van der Waals surface area contributed by atoms with E-state index in [4.69, 9.17) is 9.05 Å². The van der Waals surface area contributed by atoms with Crippen molar-refractivity contribution in [1.29, 1.82) is 0 Å². The lowest BCUT2D eigenvalue weighted by Gasteiger charge is -2.32. The van der Waals surface area contributed by atoms with E-state index < -0.39 is 17.2 Å². The molecule has 4 rings (SSSR count). The molecule has 0 aromatic heterocycles. The van der Waals surface area contributed by atoms with Gasteiger partial charge in [-0.3, -0.25) is 0 Å². The second kappa shape index (κ2) is 13.8. The van der Waals surface area contributed by atoms with E-state index in [-0.39, 0.29) is 21.7 Å². The Balaban J connectivity index is 2.25. The van der Waals surface area contributed by atoms with Crippen molar-refractivity contribution in [1.82, 2.24) is 0 Å². The summed E-state index contributed by atoms with van der Waals surface area (Å²) in [7, 11) is -5.27. The van der Waals surface area contributed by atoms with Gasteiger partial charge in [-0.2, -0.15) is 0 Å². The Hall–Kier alpha value is -2.82. The molecule has 0 aliphatic heterocycles. The van der Waals surface area contributed by atoms with Crippen molar-refractivity contribution in [2.75, 3.05) is 0 Å². The van der Waals surface area contributed by atoms with Crippen molar-refractivity contribution < 1.29 is 28.6 Å². The summed E-state index contributed by atoms with van der Waals surface area (Å²) in [6.07, 6.45) is 0. The first-order valence-electron chi connectivity index (χ1n) is 16.3. The van der Waals surface area contributed by atoms with E-state index in [1.165, 1.54) is 11.1 Å². The van der Waals surface area contributed by atoms with Gasteiger partial charge in [0.05, 0.1) is 0 Å². The van der Waals surface area contributed by atoms with Crippen LogP contribution < -0.4 is 9.05 Å².